The van der Waals surface area contributed by atoms with Crippen molar-refractivity contribution in [2.24, 2.45) is 0 Å². The quantitative estimate of drug-likeness (QED) is 0.277. The molecule has 0 saturated carbocycles. The number of cyclic esters (lactones) is 1. The lowest BCUT2D eigenvalue weighted by Gasteiger charge is -2.36. The molecule has 0 spiro atoms. The van der Waals surface area contributed by atoms with E-state index in [4.69, 9.17) is 32.9 Å². The van der Waals surface area contributed by atoms with Gasteiger partial charge in [0.2, 0.25) is 5.91 Å². The lowest BCUT2D eigenvalue weighted by Crippen LogP contribution is -2.42. The zero-order valence-electron chi connectivity index (χ0n) is 21.9. The fourth-order valence-corrected chi connectivity index (χ4v) is 5.24. The molecule has 1 saturated heterocycles. The Bertz CT molecular complexity index is 1530. The van der Waals surface area contributed by atoms with Crippen LogP contribution in [0.5, 0.6) is 0 Å². The summed E-state index contributed by atoms with van der Waals surface area (Å²) >= 11 is 12.7. The van der Waals surface area contributed by atoms with E-state index in [1.807, 2.05) is 12.2 Å². The van der Waals surface area contributed by atoms with Gasteiger partial charge < -0.3 is 19.8 Å². The van der Waals surface area contributed by atoms with Gasteiger partial charge in [-0.2, -0.15) is 0 Å². The third-order valence-corrected chi connectivity index (χ3v) is 7.34. The van der Waals surface area contributed by atoms with E-state index in [1.165, 1.54) is 30.2 Å². The number of hydrogen-bond donors (Lipinski definition) is 3. The van der Waals surface area contributed by atoms with Gasteiger partial charge >= 0.3 is 12.2 Å². The first-order valence-electron chi connectivity index (χ1n) is 12.9. The number of hydrogen-bond acceptors (Lipinski definition) is 6. The molecule has 2 atom stereocenters. The molecule has 0 aliphatic carbocycles. The van der Waals surface area contributed by atoms with E-state index >= 15 is 0 Å². The molecule has 214 valence electrons. The number of rotatable bonds is 3. The van der Waals surface area contributed by atoms with Crippen LogP contribution in [0.15, 0.2) is 48.6 Å². The van der Waals surface area contributed by atoms with Crippen molar-refractivity contribution in [1.29, 1.82) is 0 Å². The van der Waals surface area contributed by atoms with Crippen molar-refractivity contribution in [3.05, 3.63) is 75.9 Å². The lowest BCUT2D eigenvalue weighted by atomic mass is 10.0. The number of nitrogens with zero attached hydrogens (tertiary/aromatic N) is 2. The maximum absolute atomic E-state index is 14.5. The summed E-state index contributed by atoms with van der Waals surface area (Å²) in [5, 5.41) is 5.98. The highest BCUT2D eigenvalue weighted by molar-refractivity contribution is 6.32. The summed E-state index contributed by atoms with van der Waals surface area (Å²) in [6.45, 7) is 0.265. The molecule has 0 radical (unpaired) electrons. The molecule has 2 aliphatic rings. The Morgan fingerprint density at radius 3 is 2.80 bits per heavy atom. The number of H-pyrrole nitrogens is 1. The van der Waals surface area contributed by atoms with Gasteiger partial charge in [0.15, 0.2) is 0 Å². The molecule has 3 amide bonds. The van der Waals surface area contributed by atoms with Crippen LogP contribution in [0.2, 0.25) is 10.2 Å². The highest BCUT2D eigenvalue weighted by Crippen LogP contribution is 2.39. The average molecular weight is 602 g/mol. The monoisotopic (exact) mass is 601 g/mol. The molecule has 1 fully saturated rings. The molecule has 3 N–H and O–H groups in total. The van der Waals surface area contributed by atoms with E-state index in [0.29, 0.717) is 52.7 Å². The Balaban J connectivity index is 1.47. The number of nitrogens with one attached hydrogen (secondary N) is 3. The number of anilines is 2. The van der Waals surface area contributed by atoms with Crippen LogP contribution in [0.4, 0.5) is 25.4 Å². The fraction of sp³-hybridized carbons (Fsp3) is 0.286. The van der Waals surface area contributed by atoms with Gasteiger partial charge in [0.1, 0.15) is 28.6 Å². The second-order valence-corrected chi connectivity index (χ2v) is 10.3. The number of fused-ring (bicyclic) bond motifs is 4. The van der Waals surface area contributed by atoms with Gasteiger partial charge in [0.05, 0.1) is 18.8 Å². The van der Waals surface area contributed by atoms with E-state index in [0.717, 1.165) is 0 Å². The Hall–Kier alpha value is -4.09. The van der Waals surface area contributed by atoms with E-state index < -0.39 is 30.1 Å². The minimum absolute atomic E-state index is 0.194. The van der Waals surface area contributed by atoms with Crippen molar-refractivity contribution in [3.8, 4) is 11.3 Å². The smallest absolute Gasteiger partial charge is 0.411 e. The first-order chi connectivity index (χ1) is 19.7. The van der Waals surface area contributed by atoms with Crippen molar-refractivity contribution in [2.45, 2.75) is 37.8 Å². The van der Waals surface area contributed by atoms with E-state index in [2.05, 4.69) is 20.4 Å². The van der Waals surface area contributed by atoms with Gasteiger partial charge in [-0.25, -0.2) is 19.0 Å². The number of imidazole rings is 1. The molecule has 0 unspecified atom stereocenters. The van der Waals surface area contributed by atoms with Crippen LogP contribution >= 0.6 is 23.2 Å². The number of carbonyl (C=O) groups excluding carboxylic acids is 3. The van der Waals surface area contributed by atoms with E-state index in [1.54, 1.807) is 18.2 Å². The van der Waals surface area contributed by atoms with Crippen LogP contribution in [0, 0.1) is 5.82 Å². The standard InChI is InChI=1S/C28H26Cl2FN5O5/c1-40-27(38)32-16-8-9-17-20(14-16)33-23(37)6-4-2-3-5-21(26-34-24(17)25(30)35-26)36-12-11-22(41-28(36)39)18-13-15(29)7-10-19(18)31/h2-3,7-10,13-14,21-22H,4-6,11-12H2,1H3,(H,32,38)(H,33,37)(H,34,35)/b3-2+/t21-,22+/m0/s1. The number of carbonyl (C=O) groups is 3. The summed E-state index contributed by atoms with van der Waals surface area (Å²) < 4.78 is 24.8. The summed E-state index contributed by atoms with van der Waals surface area (Å²) in [7, 11) is 1.25. The number of aromatic nitrogens is 2. The normalized spacial score (nSPS) is 20.0. The molecule has 3 heterocycles. The van der Waals surface area contributed by atoms with E-state index in [-0.39, 0.29) is 29.6 Å². The van der Waals surface area contributed by atoms with Crippen LogP contribution in [0.25, 0.3) is 11.3 Å². The van der Waals surface area contributed by atoms with Crippen molar-refractivity contribution >= 4 is 52.7 Å². The molecule has 1 aromatic heterocycles. The summed E-state index contributed by atoms with van der Waals surface area (Å²) in [4.78, 5) is 47.0. The second kappa shape index (κ2) is 12.2. The summed E-state index contributed by atoms with van der Waals surface area (Å²) in [6, 6.07) is 8.44. The predicted octanol–water partition coefficient (Wildman–Crippen LogP) is 7.00. The number of benzene rings is 2. The number of methoxy groups -OCH3 is 1. The highest BCUT2D eigenvalue weighted by atomic mass is 35.5. The molecular formula is C28H26Cl2FN5O5. The maximum atomic E-state index is 14.5. The molecule has 2 bridgehead atoms. The van der Waals surface area contributed by atoms with Crippen molar-refractivity contribution in [1.82, 2.24) is 14.9 Å². The third-order valence-electron chi connectivity index (χ3n) is 6.83. The Morgan fingerprint density at radius 2 is 2.02 bits per heavy atom. The second-order valence-electron chi connectivity index (χ2n) is 9.49. The van der Waals surface area contributed by atoms with Gasteiger partial charge in [-0.05, 0) is 49.2 Å². The van der Waals surface area contributed by atoms with Crippen LogP contribution in [-0.2, 0) is 14.3 Å². The molecule has 2 aliphatic heterocycles. The Morgan fingerprint density at radius 1 is 1.20 bits per heavy atom. The zero-order valence-corrected chi connectivity index (χ0v) is 23.4. The summed E-state index contributed by atoms with van der Waals surface area (Å²) in [6.07, 6.45) is 3.00. The largest absolute Gasteiger partial charge is 0.453 e. The molecule has 13 heteroatoms. The molecule has 41 heavy (non-hydrogen) atoms. The zero-order chi connectivity index (χ0) is 29.1. The highest BCUT2D eigenvalue weighted by Gasteiger charge is 2.36. The molecule has 5 rings (SSSR count). The van der Waals surface area contributed by atoms with Crippen LogP contribution < -0.4 is 10.6 Å². The van der Waals surface area contributed by atoms with Crippen LogP contribution in [0.3, 0.4) is 0 Å². The van der Waals surface area contributed by atoms with Gasteiger partial charge in [-0.1, -0.05) is 35.4 Å². The summed E-state index contributed by atoms with van der Waals surface area (Å²) in [5.41, 5.74) is 1.85. The minimum atomic E-state index is -0.782. The molecule has 10 nitrogen and oxygen atoms in total. The maximum Gasteiger partial charge on any atom is 0.411 e. The topological polar surface area (TPSA) is 126 Å². The number of ether oxygens (including phenoxy) is 2. The summed E-state index contributed by atoms with van der Waals surface area (Å²) in [5.74, 6) is -0.333. The number of amides is 3. The SMILES string of the molecule is COC(=O)Nc1ccc2c(c1)NC(=O)CC/C=C/C[C@H](N1CC[C@H](c3cc(Cl)ccc3F)OC1=O)c1nc-2c(Cl)[nH]1. The molecule has 2 aromatic carbocycles. The minimum Gasteiger partial charge on any atom is -0.453 e. The van der Waals surface area contributed by atoms with Gasteiger partial charge in [-0.3, -0.25) is 15.0 Å². The van der Waals surface area contributed by atoms with Crippen LogP contribution in [-0.4, -0.2) is 46.6 Å². The lowest BCUT2D eigenvalue weighted by molar-refractivity contribution is -0.116. The number of allylic oxidation sites excluding steroid dienone is 1. The number of aromatic amines is 1. The third kappa shape index (κ3) is 6.31. The van der Waals surface area contributed by atoms with Gasteiger partial charge in [0.25, 0.3) is 0 Å². The Kier molecular flexibility index (Phi) is 8.46. The predicted molar refractivity (Wildman–Crippen MR) is 151 cm³/mol. The first kappa shape index (κ1) is 28.4. The first-order valence-corrected chi connectivity index (χ1v) is 13.6. The van der Waals surface area contributed by atoms with Crippen molar-refractivity contribution < 1.29 is 28.2 Å². The van der Waals surface area contributed by atoms with Crippen molar-refractivity contribution in [2.75, 3.05) is 24.3 Å². The van der Waals surface area contributed by atoms with Gasteiger partial charge in [-0.15, -0.1) is 0 Å². The van der Waals surface area contributed by atoms with E-state index in [9.17, 15) is 18.8 Å². The number of halogens is 3. The van der Waals surface area contributed by atoms with Crippen molar-refractivity contribution in [3.63, 3.8) is 0 Å². The van der Waals surface area contributed by atoms with Crippen LogP contribution in [0.1, 0.15) is 49.2 Å². The molecule has 3 aromatic rings. The molecular weight excluding hydrogens is 576 g/mol. The van der Waals surface area contributed by atoms with Gasteiger partial charge in [0, 0.05) is 41.2 Å². The average Bonchev–Trinajstić information content (AvgIpc) is 3.33. The fourth-order valence-electron chi connectivity index (χ4n) is 4.82. The Labute approximate surface area is 244 Å².